The third-order valence-corrected chi connectivity index (χ3v) is 7.30. The van der Waals surface area contributed by atoms with E-state index in [2.05, 4.69) is 13.8 Å². The number of piperazine rings is 1. The topological polar surface area (TPSA) is 0 Å². The van der Waals surface area contributed by atoms with Crippen molar-refractivity contribution < 1.29 is 8.97 Å². The summed E-state index contributed by atoms with van der Waals surface area (Å²) in [5, 5.41) is 0. The maximum Gasteiger partial charge on any atom is 0.129 e. The van der Waals surface area contributed by atoms with E-state index < -0.39 is 0 Å². The molecule has 2 heteroatoms. The standard InChI is InChI=1S/C18H36N2/c1-17-9-5-3-7-11-19(17)13-15-20(16-14-19)12-8-4-6-10-18(20)2/h17-18H,3-16H2,1-2H3/q+2. The van der Waals surface area contributed by atoms with Crippen LogP contribution in [0.4, 0.5) is 0 Å². The highest BCUT2D eigenvalue weighted by Gasteiger charge is 2.47. The predicted octanol–water partition coefficient (Wildman–Crippen LogP) is 3.56. The summed E-state index contributed by atoms with van der Waals surface area (Å²) in [5.41, 5.74) is 0. The molecule has 0 amide bonds. The Bertz CT molecular complexity index is 285. The third-order valence-electron chi connectivity index (χ3n) is 7.30. The number of quaternary nitrogens is 2. The fourth-order valence-electron chi connectivity index (χ4n) is 5.42. The Balaban J connectivity index is 1.71. The Kier molecular flexibility index (Phi) is 4.42. The number of hydrogen-bond acceptors (Lipinski definition) is 0. The first-order valence-electron chi connectivity index (χ1n) is 9.38. The van der Waals surface area contributed by atoms with Crippen molar-refractivity contribution in [1.82, 2.24) is 0 Å². The number of hydrogen-bond donors (Lipinski definition) is 0. The molecule has 0 saturated carbocycles. The summed E-state index contributed by atoms with van der Waals surface area (Å²) >= 11 is 0. The van der Waals surface area contributed by atoms with E-state index in [9.17, 15) is 0 Å². The zero-order valence-corrected chi connectivity index (χ0v) is 13.9. The van der Waals surface area contributed by atoms with Crippen LogP contribution in [0.15, 0.2) is 0 Å². The van der Waals surface area contributed by atoms with Gasteiger partial charge in [0.25, 0.3) is 0 Å². The van der Waals surface area contributed by atoms with Gasteiger partial charge in [0.15, 0.2) is 0 Å². The summed E-state index contributed by atoms with van der Waals surface area (Å²) in [6.45, 7) is 14.0. The van der Waals surface area contributed by atoms with Gasteiger partial charge in [0.2, 0.25) is 0 Å². The van der Waals surface area contributed by atoms with E-state index in [4.69, 9.17) is 0 Å². The molecule has 3 fully saturated rings. The molecular weight excluding hydrogens is 244 g/mol. The zero-order chi connectivity index (χ0) is 14.1. The predicted molar refractivity (Wildman–Crippen MR) is 85.6 cm³/mol. The van der Waals surface area contributed by atoms with Crippen molar-refractivity contribution in [3.8, 4) is 0 Å². The van der Waals surface area contributed by atoms with Gasteiger partial charge in [-0.2, -0.15) is 0 Å². The second kappa shape index (κ2) is 5.96. The molecule has 0 N–H and O–H groups in total. The summed E-state index contributed by atoms with van der Waals surface area (Å²) in [4.78, 5) is 0. The van der Waals surface area contributed by atoms with Crippen molar-refractivity contribution in [1.29, 1.82) is 0 Å². The third kappa shape index (κ3) is 2.66. The Morgan fingerprint density at radius 2 is 0.900 bits per heavy atom. The summed E-state index contributed by atoms with van der Waals surface area (Å²) in [7, 11) is 0. The maximum absolute atomic E-state index is 2.55. The lowest BCUT2D eigenvalue weighted by atomic mass is 10.0. The molecule has 3 aliphatic heterocycles. The van der Waals surface area contributed by atoms with Crippen LogP contribution in [-0.2, 0) is 0 Å². The highest BCUT2D eigenvalue weighted by Crippen LogP contribution is 2.33. The minimum atomic E-state index is 0.931. The number of rotatable bonds is 0. The van der Waals surface area contributed by atoms with Gasteiger partial charge in [-0.15, -0.1) is 0 Å². The van der Waals surface area contributed by atoms with E-state index >= 15 is 0 Å². The quantitative estimate of drug-likeness (QED) is 0.595. The lowest BCUT2D eigenvalue weighted by Gasteiger charge is -2.53. The van der Waals surface area contributed by atoms with Crippen LogP contribution in [0, 0.1) is 0 Å². The molecule has 0 bridgehead atoms. The lowest BCUT2D eigenvalue weighted by Crippen LogP contribution is -2.71. The summed E-state index contributed by atoms with van der Waals surface area (Å²) in [6, 6.07) is 1.86. The van der Waals surface area contributed by atoms with E-state index in [0.717, 1.165) is 12.1 Å². The molecule has 3 heterocycles. The van der Waals surface area contributed by atoms with Gasteiger partial charge in [-0.1, -0.05) is 0 Å². The van der Waals surface area contributed by atoms with Crippen LogP contribution in [-0.4, -0.2) is 60.3 Å². The summed E-state index contributed by atoms with van der Waals surface area (Å²) in [5.74, 6) is 0. The number of nitrogens with zero attached hydrogens (tertiary/aromatic N) is 2. The second-order valence-corrected chi connectivity index (χ2v) is 8.18. The molecule has 2 spiro atoms. The molecule has 3 saturated heterocycles. The molecule has 3 rings (SSSR count). The molecule has 2 atom stereocenters. The van der Waals surface area contributed by atoms with Crippen molar-refractivity contribution in [2.24, 2.45) is 0 Å². The van der Waals surface area contributed by atoms with Crippen LogP contribution in [0.5, 0.6) is 0 Å². The van der Waals surface area contributed by atoms with Crippen molar-refractivity contribution >= 4 is 0 Å². The van der Waals surface area contributed by atoms with Crippen LogP contribution in [0.1, 0.15) is 65.2 Å². The Hall–Kier alpha value is -0.0800. The van der Waals surface area contributed by atoms with Crippen molar-refractivity contribution in [3.05, 3.63) is 0 Å². The van der Waals surface area contributed by atoms with Gasteiger partial charge in [-0.3, -0.25) is 0 Å². The van der Waals surface area contributed by atoms with Crippen molar-refractivity contribution in [2.75, 3.05) is 39.3 Å². The molecule has 3 aliphatic rings. The first kappa shape index (κ1) is 14.8. The normalized spacial score (nSPS) is 47.1. The summed E-state index contributed by atoms with van der Waals surface area (Å²) in [6.07, 6.45) is 11.9. The summed E-state index contributed by atoms with van der Waals surface area (Å²) < 4.78 is 2.96. The van der Waals surface area contributed by atoms with Gasteiger partial charge >= 0.3 is 0 Å². The van der Waals surface area contributed by atoms with Gasteiger partial charge in [0, 0.05) is 0 Å². The molecule has 2 unspecified atom stereocenters. The van der Waals surface area contributed by atoms with E-state index in [0.29, 0.717) is 0 Å². The van der Waals surface area contributed by atoms with Crippen molar-refractivity contribution in [3.63, 3.8) is 0 Å². The smallest absolute Gasteiger partial charge is 0.129 e. The molecule has 0 aromatic rings. The molecule has 116 valence electrons. The Morgan fingerprint density at radius 3 is 1.30 bits per heavy atom. The molecule has 20 heavy (non-hydrogen) atoms. The monoisotopic (exact) mass is 280 g/mol. The average Bonchev–Trinajstić information content (AvgIpc) is 2.74. The van der Waals surface area contributed by atoms with Gasteiger partial charge in [-0.25, -0.2) is 0 Å². The molecule has 0 aliphatic carbocycles. The van der Waals surface area contributed by atoms with E-state index in [-0.39, 0.29) is 0 Å². The van der Waals surface area contributed by atoms with Crippen LogP contribution < -0.4 is 0 Å². The van der Waals surface area contributed by atoms with Gasteiger partial charge in [0.1, 0.15) is 26.2 Å². The minimum absolute atomic E-state index is 0.931. The Labute approximate surface area is 126 Å². The molecular formula is C18H36N2+2. The van der Waals surface area contributed by atoms with Crippen LogP contribution in [0.25, 0.3) is 0 Å². The highest BCUT2D eigenvalue weighted by atomic mass is 15.5. The van der Waals surface area contributed by atoms with Crippen LogP contribution in [0.3, 0.4) is 0 Å². The maximum atomic E-state index is 2.55. The first-order valence-corrected chi connectivity index (χ1v) is 9.38. The fraction of sp³-hybridized carbons (Fsp3) is 1.00. The lowest BCUT2D eigenvalue weighted by molar-refractivity contribution is -1.05. The van der Waals surface area contributed by atoms with Gasteiger partial charge < -0.3 is 8.97 Å². The van der Waals surface area contributed by atoms with Crippen molar-refractivity contribution in [2.45, 2.75) is 77.3 Å². The molecule has 0 radical (unpaired) electrons. The van der Waals surface area contributed by atoms with Gasteiger partial charge in [-0.05, 0) is 65.2 Å². The Morgan fingerprint density at radius 1 is 0.500 bits per heavy atom. The van der Waals surface area contributed by atoms with E-state index in [1.54, 1.807) is 0 Å². The highest BCUT2D eigenvalue weighted by molar-refractivity contribution is 4.69. The van der Waals surface area contributed by atoms with E-state index in [1.165, 1.54) is 99.6 Å². The molecule has 2 nitrogen and oxygen atoms in total. The second-order valence-electron chi connectivity index (χ2n) is 8.18. The van der Waals surface area contributed by atoms with Crippen LogP contribution >= 0.6 is 0 Å². The van der Waals surface area contributed by atoms with Crippen LogP contribution in [0.2, 0.25) is 0 Å². The average molecular weight is 280 g/mol. The molecule has 0 aromatic carbocycles. The SMILES string of the molecule is CC1CCCCC[N+]12CC[N+]1(CCCCCC1C)CC2. The van der Waals surface area contributed by atoms with E-state index in [1.807, 2.05) is 0 Å². The minimum Gasteiger partial charge on any atom is -0.312 e. The first-order chi connectivity index (χ1) is 9.67. The van der Waals surface area contributed by atoms with Gasteiger partial charge in [0.05, 0.1) is 25.2 Å². The fourth-order valence-corrected chi connectivity index (χ4v) is 5.42. The molecule has 0 aromatic heterocycles. The largest absolute Gasteiger partial charge is 0.312 e. The zero-order valence-electron chi connectivity index (χ0n) is 13.9.